The lowest BCUT2D eigenvalue weighted by molar-refractivity contribution is 0.103. The average molecular weight is 361 g/mol. The SMILES string of the molecule is Cc1cc(C)cc(NC(=O)c2ccc(-c3nc4ccccc4n3C)s2)c1. The van der Waals surface area contributed by atoms with Crippen LogP contribution in [0.3, 0.4) is 0 Å². The molecule has 0 saturated carbocycles. The topological polar surface area (TPSA) is 46.9 Å². The Balaban J connectivity index is 1.62. The molecule has 4 aromatic rings. The smallest absolute Gasteiger partial charge is 0.265 e. The van der Waals surface area contributed by atoms with Crippen molar-refractivity contribution in [1.29, 1.82) is 0 Å². The van der Waals surface area contributed by atoms with Crippen molar-refractivity contribution in [3.63, 3.8) is 0 Å². The predicted octanol–water partition coefficient (Wildman–Crippen LogP) is 5.17. The first-order valence-corrected chi connectivity index (χ1v) is 9.24. The summed E-state index contributed by atoms with van der Waals surface area (Å²) >= 11 is 1.46. The number of fused-ring (bicyclic) bond motifs is 1. The van der Waals surface area contributed by atoms with Gasteiger partial charge >= 0.3 is 0 Å². The van der Waals surface area contributed by atoms with Gasteiger partial charge in [0.05, 0.1) is 20.8 Å². The summed E-state index contributed by atoms with van der Waals surface area (Å²) in [5.41, 5.74) is 5.13. The molecule has 0 unspecified atom stereocenters. The van der Waals surface area contributed by atoms with Gasteiger partial charge in [0.15, 0.2) is 5.82 Å². The fourth-order valence-corrected chi connectivity index (χ4v) is 4.11. The van der Waals surface area contributed by atoms with Crippen molar-refractivity contribution in [1.82, 2.24) is 9.55 Å². The summed E-state index contributed by atoms with van der Waals surface area (Å²) < 4.78 is 2.06. The summed E-state index contributed by atoms with van der Waals surface area (Å²) in [5.74, 6) is 0.784. The highest BCUT2D eigenvalue weighted by Crippen LogP contribution is 2.30. The van der Waals surface area contributed by atoms with Crippen LogP contribution in [0.4, 0.5) is 5.69 Å². The van der Waals surface area contributed by atoms with E-state index in [1.54, 1.807) is 0 Å². The zero-order chi connectivity index (χ0) is 18.3. The quantitative estimate of drug-likeness (QED) is 0.547. The number of carbonyl (C=O) groups excluding carboxylic acids is 1. The molecule has 0 fully saturated rings. The first-order chi connectivity index (χ1) is 12.5. The number of rotatable bonds is 3. The molecule has 26 heavy (non-hydrogen) atoms. The van der Waals surface area contributed by atoms with Crippen molar-refractivity contribution < 1.29 is 4.79 Å². The van der Waals surface area contributed by atoms with E-state index in [9.17, 15) is 4.79 Å². The molecule has 1 N–H and O–H groups in total. The summed E-state index contributed by atoms with van der Waals surface area (Å²) in [4.78, 5) is 19.0. The monoisotopic (exact) mass is 361 g/mol. The number of aryl methyl sites for hydroxylation is 3. The molecule has 0 aliphatic heterocycles. The van der Waals surface area contributed by atoms with Crippen LogP contribution in [-0.4, -0.2) is 15.5 Å². The van der Waals surface area contributed by atoms with Crippen LogP contribution >= 0.6 is 11.3 Å². The molecule has 4 rings (SSSR count). The maximum atomic E-state index is 12.6. The molecule has 0 atom stereocenters. The summed E-state index contributed by atoms with van der Waals surface area (Å²) in [6.45, 7) is 4.05. The summed E-state index contributed by atoms with van der Waals surface area (Å²) in [5, 5.41) is 2.99. The van der Waals surface area contributed by atoms with Crippen molar-refractivity contribution in [2.75, 3.05) is 5.32 Å². The van der Waals surface area contributed by atoms with Gasteiger partial charge in [0, 0.05) is 12.7 Å². The Morgan fingerprint density at radius 1 is 1.04 bits per heavy atom. The Labute approximate surface area is 156 Å². The normalized spacial score (nSPS) is 11.0. The Kier molecular flexibility index (Phi) is 4.09. The van der Waals surface area contributed by atoms with E-state index in [0.717, 1.165) is 38.5 Å². The number of amides is 1. The molecule has 2 aromatic heterocycles. The molecule has 0 bridgehead atoms. The Hall–Kier alpha value is -2.92. The molecular formula is C21H19N3OS. The van der Waals surface area contributed by atoms with Crippen LogP contribution in [0.25, 0.3) is 21.7 Å². The second-order valence-corrected chi connectivity index (χ2v) is 7.56. The second-order valence-electron chi connectivity index (χ2n) is 6.48. The van der Waals surface area contributed by atoms with Gasteiger partial charge in [0.2, 0.25) is 0 Å². The number of benzene rings is 2. The number of nitrogens with zero attached hydrogens (tertiary/aromatic N) is 2. The number of anilines is 1. The number of thiophene rings is 1. The number of carbonyl (C=O) groups is 1. The number of nitrogens with one attached hydrogen (secondary N) is 1. The first-order valence-electron chi connectivity index (χ1n) is 8.42. The molecule has 1 amide bonds. The lowest BCUT2D eigenvalue weighted by Gasteiger charge is -2.06. The van der Waals surface area contributed by atoms with E-state index < -0.39 is 0 Å². The van der Waals surface area contributed by atoms with E-state index in [1.807, 2.05) is 69.4 Å². The summed E-state index contributed by atoms with van der Waals surface area (Å²) in [6.07, 6.45) is 0. The highest BCUT2D eigenvalue weighted by atomic mass is 32.1. The van der Waals surface area contributed by atoms with Gasteiger partial charge in [-0.1, -0.05) is 18.2 Å². The minimum atomic E-state index is -0.0926. The van der Waals surface area contributed by atoms with Gasteiger partial charge < -0.3 is 9.88 Å². The fourth-order valence-electron chi connectivity index (χ4n) is 3.19. The highest BCUT2D eigenvalue weighted by Gasteiger charge is 2.15. The highest BCUT2D eigenvalue weighted by molar-refractivity contribution is 7.17. The minimum Gasteiger partial charge on any atom is -0.326 e. The minimum absolute atomic E-state index is 0.0926. The molecule has 2 heterocycles. The zero-order valence-electron chi connectivity index (χ0n) is 14.9. The van der Waals surface area contributed by atoms with Crippen LogP contribution in [0.2, 0.25) is 0 Å². The van der Waals surface area contributed by atoms with E-state index in [2.05, 4.69) is 16.0 Å². The third kappa shape index (κ3) is 3.02. The van der Waals surface area contributed by atoms with Gasteiger partial charge in [-0.25, -0.2) is 4.98 Å². The number of para-hydroxylation sites is 2. The van der Waals surface area contributed by atoms with Crippen LogP contribution in [0.5, 0.6) is 0 Å². The Morgan fingerprint density at radius 2 is 1.77 bits per heavy atom. The van der Waals surface area contributed by atoms with E-state index in [1.165, 1.54) is 11.3 Å². The van der Waals surface area contributed by atoms with Crippen LogP contribution in [-0.2, 0) is 7.05 Å². The third-order valence-electron chi connectivity index (χ3n) is 4.32. The molecule has 130 valence electrons. The van der Waals surface area contributed by atoms with Crippen LogP contribution in [0.15, 0.2) is 54.6 Å². The molecule has 5 heteroatoms. The van der Waals surface area contributed by atoms with E-state index in [0.29, 0.717) is 4.88 Å². The number of imidazole rings is 1. The maximum absolute atomic E-state index is 12.6. The average Bonchev–Trinajstić information content (AvgIpc) is 3.19. The van der Waals surface area contributed by atoms with Crippen molar-refractivity contribution in [3.05, 3.63) is 70.6 Å². The Bertz CT molecular complexity index is 1100. The van der Waals surface area contributed by atoms with Crippen molar-refractivity contribution >= 4 is 34.0 Å². The summed E-state index contributed by atoms with van der Waals surface area (Å²) in [6, 6.07) is 17.9. The van der Waals surface area contributed by atoms with Crippen molar-refractivity contribution in [3.8, 4) is 10.7 Å². The standard InChI is InChI=1S/C21H19N3OS/c1-13-10-14(2)12-15(11-13)22-21(25)19-9-8-18(26-19)20-23-16-6-4-5-7-17(16)24(20)3/h4-12H,1-3H3,(H,22,25). The fraction of sp³-hybridized carbons (Fsp3) is 0.143. The molecule has 2 aromatic carbocycles. The van der Waals surface area contributed by atoms with E-state index >= 15 is 0 Å². The summed E-state index contributed by atoms with van der Waals surface area (Å²) in [7, 11) is 2.00. The van der Waals surface area contributed by atoms with Crippen molar-refractivity contribution in [2.45, 2.75) is 13.8 Å². The van der Waals surface area contributed by atoms with Crippen LogP contribution in [0, 0.1) is 13.8 Å². The molecule has 0 saturated heterocycles. The lowest BCUT2D eigenvalue weighted by Crippen LogP contribution is -2.10. The van der Waals surface area contributed by atoms with Gasteiger partial charge in [-0.2, -0.15) is 0 Å². The molecule has 0 spiro atoms. The van der Waals surface area contributed by atoms with Gasteiger partial charge in [-0.15, -0.1) is 11.3 Å². The van der Waals surface area contributed by atoms with Crippen LogP contribution < -0.4 is 5.32 Å². The number of aromatic nitrogens is 2. The van der Waals surface area contributed by atoms with E-state index in [-0.39, 0.29) is 5.91 Å². The Morgan fingerprint density at radius 3 is 2.50 bits per heavy atom. The number of hydrogen-bond donors (Lipinski definition) is 1. The number of hydrogen-bond acceptors (Lipinski definition) is 3. The molecular weight excluding hydrogens is 342 g/mol. The maximum Gasteiger partial charge on any atom is 0.265 e. The molecule has 0 aliphatic carbocycles. The van der Waals surface area contributed by atoms with E-state index in [4.69, 9.17) is 4.98 Å². The first kappa shape index (κ1) is 16.5. The largest absolute Gasteiger partial charge is 0.326 e. The molecule has 0 aliphatic rings. The van der Waals surface area contributed by atoms with Gasteiger partial charge in [0.25, 0.3) is 5.91 Å². The second kappa shape index (κ2) is 6.42. The van der Waals surface area contributed by atoms with Gasteiger partial charge in [-0.3, -0.25) is 4.79 Å². The van der Waals surface area contributed by atoms with Crippen LogP contribution in [0.1, 0.15) is 20.8 Å². The third-order valence-corrected chi connectivity index (χ3v) is 5.40. The predicted molar refractivity (Wildman–Crippen MR) is 108 cm³/mol. The van der Waals surface area contributed by atoms with Gasteiger partial charge in [-0.05, 0) is 61.4 Å². The van der Waals surface area contributed by atoms with Gasteiger partial charge in [0.1, 0.15) is 0 Å². The molecule has 0 radical (unpaired) electrons. The van der Waals surface area contributed by atoms with Crippen molar-refractivity contribution in [2.24, 2.45) is 7.05 Å². The zero-order valence-corrected chi connectivity index (χ0v) is 15.7. The molecule has 4 nitrogen and oxygen atoms in total. The lowest BCUT2D eigenvalue weighted by atomic mass is 10.1.